The van der Waals surface area contributed by atoms with Crippen molar-refractivity contribution in [2.75, 3.05) is 5.32 Å². The van der Waals surface area contributed by atoms with E-state index in [0.717, 1.165) is 0 Å². The molecule has 0 saturated carbocycles. The highest BCUT2D eigenvalue weighted by molar-refractivity contribution is 6.39. The largest absolute Gasteiger partial charge is 0.338 e. The van der Waals surface area contributed by atoms with Crippen molar-refractivity contribution < 1.29 is 4.79 Å². The number of rotatable bonds is 3. The first-order valence-electron chi connectivity index (χ1n) is 8.31. The predicted molar refractivity (Wildman–Crippen MR) is 111 cm³/mol. The van der Waals surface area contributed by atoms with E-state index in [1.165, 1.54) is 0 Å². The van der Waals surface area contributed by atoms with E-state index < -0.39 is 0 Å². The first-order valence-corrected chi connectivity index (χ1v) is 9.06. The van der Waals surface area contributed by atoms with Gasteiger partial charge in [0, 0.05) is 11.3 Å². The quantitative estimate of drug-likeness (QED) is 0.460. The van der Waals surface area contributed by atoms with Crippen molar-refractivity contribution in [2.45, 2.75) is 0 Å². The summed E-state index contributed by atoms with van der Waals surface area (Å²) in [5.41, 5.74) is 3.61. The molecule has 4 aromatic rings. The number of carbonyl (C=O) groups is 1. The summed E-state index contributed by atoms with van der Waals surface area (Å²) in [6, 6.07) is 19.1. The standard InChI is InChI=1S/C21H12Cl2N4O/c22-15-2-1-3-16(23)19(15)20-26-17-9-6-13(10-18(17)27-20)21(28)25-14-7-4-12(11-24)5-8-14/h1-10H,(H,25,28)(H,26,27). The third-order valence-corrected chi connectivity index (χ3v) is 4.85. The molecule has 3 aromatic carbocycles. The Kier molecular flexibility index (Phi) is 4.74. The molecule has 1 heterocycles. The Bertz CT molecular complexity index is 1220. The number of carbonyl (C=O) groups excluding carboxylic acids is 1. The zero-order chi connectivity index (χ0) is 19.7. The van der Waals surface area contributed by atoms with Gasteiger partial charge in [-0.3, -0.25) is 4.79 Å². The van der Waals surface area contributed by atoms with Crippen LogP contribution in [0.3, 0.4) is 0 Å². The van der Waals surface area contributed by atoms with Crippen molar-refractivity contribution in [3.63, 3.8) is 0 Å². The van der Waals surface area contributed by atoms with Gasteiger partial charge in [-0.05, 0) is 54.6 Å². The molecule has 0 aliphatic rings. The molecule has 1 amide bonds. The summed E-state index contributed by atoms with van der Waals surface area (Å²) in [5, 5.41) is 12.6. The average Bonchev–Trinajstić information content (AvgIpc) is 3.11. The van der Waals surface area contributed by atoms with Gasteiger partial charge in [0.15, 0.2) is 0 Å². The lowest BCUT2D eigenvalue weighted by Crippen LogP contribution is -2.11. The van der Waals surface area contributed by atoms with Gasteiger partial charge in [0.05, 0.1) is 38.3 Å². The number of fused-ring (bicyclic) bond motifs is 1. The number of H-pyrrole nitrogens is 1. The molecule has 0 saturated heterocycles. The first kappa shape index (κ1) is 18.1. The van der Waals surface area contributed by atoms with E-state index in [2.05, 4.69) is 15.3 Å². The highest BCUT2D eigenvalue weighted by Crippen LogP contribution is 2.33. The Morgan fingerprint density at radius 1 is 1.04 bits per heavy atom. The number of benzene rings is 3. The molecule has 0 spiro atoms. The molecular formula is C21H12Cl2N4O. The highest BCUT2D eigenvalue weighted by Gasteiger charge is 2.14. The van der Waals surface area contributed by atoms with Crippen molar-refractivity contribution in [2.24, 2.45) is 0 Å². The second-order valence-electron chi connectivity index (χ2n) is 6.06. The molecule has 0 fully saturated rings. The van der Waals surface area contributed by atoms with Crippen LogP contribution >= 0.6 is 23.2 Å². The highest BCUT2D eigenvalue weighted by atomic mass is 35.5. The van der Waals surface area contributed by atoms with Gasteiger partial charge in [0.25, 0.3) is 5.91 Å². The number of hydrogen-bond acceptors (Lipinski definition) is 3. The Labute approximate surface area is 170 Å². The monoisotopic (exact) mass is 406 g/mol. The fourth-order valence-electron chi connectivity index (χ4n) is 2.82. The maximum Gasteiger partial charge on any atom is 0.255 e. The number of aromatic amines is 1. The molecule has 0 aliphatic carbocycles. The number of hydrogen-bond donors (Lipinski definition) is 2. The van der Waals surface area contributed by atoms with E-state index in [-0.39, 0.29) is 5.91 Å². The molecule has 0 aliphatic heterocycles. The van der Waals surface area contributed by atoms with Crippen molar-refractivity contribution in [1.29, 1.82) is 5.26 Å². The number of aromatic nitrogens is 2. The van der Waals surface area contributed by atoms with Gasteiger partial charge in [0.1, 0.15) is 5.82 Å². The van der Waals surface area contributed by atoms with Crippen LogP contribution in [0.2, 0.25) is 10.0 Å². The van der Waals surface area contributed by atoms with Crippen LogP contribution in [0.25, 0.3) is 22.4 Å². The third-order valence-electron chi connectivity index (χ3n) is 4.22. The SMILES string of the molecule is N#Cc1ccc(NC(=O)c2ccc3nc(-c4c(Cl)cccc4Cl)[nH]c3c2)cc1. The van der Waals surface area contributed by atoms with Gasteiger partial charge in [-0.1, -0.05) is 29.3 Å². The molecule has 0 bridgehead atoms. The predicted octanol–water partition coefficient (Wildman–Crippen LogP) is 5.66. The van der Waals surface area contributed by atoms with Gasteiger partial charge in [-0.2, -0.15) is 5.26 Å². The lowest BCUT2D eigenvalue weighted by atomic mass is 10.1. The molecule has 0 radical (unpaired) electrons. The summed E-state index contributed by atoms with van der Waals surface area (Å²) < 4.78 is 0. The van der Waals surface area contributed by atoms with E-state index >= 15 is 0 Å². The van der Waals surface area contributed by atoms with Gasteiger partial charge in [0.2, 0.25) is 0 Å². The van der Waals surface area contributed by atoms with Crippen molar-refractivity contribution in [1.82, 2.24) is 9.97 Å². The van der Waals surface area contributed by atoms with E-state index in [4.69, 9.17) is 28.5 Å². The number of nitrogens with zero attached hydrogens (tertiary/aromatic N) is 2. The number of anilines is 1. The minimum absolute atomic E-state index is 0.265. The summed E-state index contributed by atoms with van der Waals surface area (Å²) in [7, 11) is 0. The van der Waals surface area contributed by atoms with Crippen molar-refractivity contribution in [3.05, 3.63) is 81.8 Å². The maximum absolute atomic E-state index is 12.5. The summed E-state index contributed by atoms with van der Waals surface area (Å²) in [5.74, 6) is 0.272. The Morgan fingerprint density at radius 2 is 1.75 bits per heavy atom. The Morgan fingerprint density at radius 3 is 2.43 bits per heavy atom. The molecule has 5 nitrogen and oxygen atoms in total. The number of nitriles is 1. The van der Waals surface area contributed by atoms with E-state index in [1.54, 1.807) is 60.7 Å². The fraction of sp³-hybridized carbons (Fsp3) is 0. The average molecular weight is 407 g/mol. The summed E-state index contributed by atoms with van der Waals surface area (Å²) in [6.07, 6.45) is 0. The molecular weight excluding hydrogens is 395 g/mol. The molecule has 0 atom stereocenters. The fourth-order valence-corrected chi connectivity index (χ4v) is 3.40. The Hall–Kier alpha value is -3.33. The molecule has 7 heteroatoms. The topological polar surface area (TPSA) is 81.6 Å². The molecule has 28 heavy (non-hydrogen) atoms. The minimum atomic E-state index is -0.265. The molecule has 136 valence electrons. The smallest absolute Gasteiger partial charge is 0.255 e. The second-order valence-corrected chi connectivity index (χ2v) is 6.87. The first-order chi connectivity index (χ1) is 13.5. The molecule has 0 unspecified atom stereocenters. The van der Waals surface area contributed by atoms with Crippen LogP contribution in [0, 0.1) is 11.3 Å². The van der Waals surface area contributed by atoms with Crippen molar-refractivity contribution in [3.8, 4) is 17.5 Å². The van der Waals surface area contributed by atoms with Crippen LogP contribution in [-0.2, 0) is 0 Å². The van der Waals surface area contributed by atoms with Crippen LogP contribution in [0.1, 0.15) is 15.9 Å². The van der Waals surface area contributed by atoms with E-state index in [1.807, 2.05) is 6.07 Å². The maximum atomic E-state index is 12.5. The van der Waals surface area contributed by atoms with Crippen LogP contribution in [0.4, 0.5) is 5.69 Å². The lowest BCUT2D eigenvalue weighted by molar-refractivity contribution is 0.102. The number of halogens is 2. The number of imidazole rings is 1. The van der Waals surface area contributed by atoms with Crippen LogP contribution in [-0.4, -0.2) is 15.9 Å². The van der Waals surface area contributed by atoms with E-state index in [9.17, 15) is 4.79 Å². The number of nitrogens with one attached hydrogen (secondary N) is 2. The van der Waals surface area contributed by atoms with Crippen LogP contribution in [0.5, 0.6) is 0 Å². The van der Waals surface area contributed by atoms with Crippen LogP contribution in [0.15, 0.2) is 60.7 Å². The zero-order valence-electron chi connectivity index (χ0n) is 14.3. The van der Waals surface area contributed by atoms with Gasteiger partial charge in [-0.25, -0.2) is 4.98 Å². The summed E-state index contributed by atoms with van der Waals surface area (Å²) in [4.78, 5) is 20.2. The molecule has 2 N–H and O–H groups in total. The number of amides is 1. The van der Waals surface area contributed by atoms with Gasteiger partial charge in [-0.15, -0.1) is 0 Å². The van der Waals surface area contributed by atoms with Gasteiger partial charge >= 0.3 is 0 Å². The molecule has 4 rings (SSSR count). The summed E-state index contributed by atoms with van der Waals surface area (Å²) in [6.45, 7) is 0. The summed E-state index contributed by atoms with van der Waals surface area (Å²) >= 11 is 12.5. The van der Waals surface area contributed by atoms with E-state index in [0.29, 0.717) is 49.3 Å². The normalized spacial score (nSPS) is 10.6. The second kappa shape index (κ2) is 7.35. The van der Waals surface area contributed by atoms with Crippen LogP contribution < -0.4 is 5.32 Å². The molecule has 1 aromatic heterocycles. The third kappa shape index (κ3) is 3.44. The van der Waals surface area contributed by atoms with Gasteiger partial charge < -0.3 is 10.3 Å². The zero-order valence-corrected chi connectivity index (χ0v) is 15.8. The van der Waals surface area contributed by atoms with Crippen molar-refractivity contribution >= 4 is 45.8 Å². The minimum Gasteiger partial charge on any atom is -0.338 e. The Balaban J connectivity index is 1.64. The lowest BCUT2D eigenvalue weighted by Gasteiger charge is -2.05.